The Balaban J connectivity index is 1.59. The minimum Gasteiger partial charge on any atom is -0.423 e. The van der Waals surface area contributed by atoms with Gasteiger partial charge in [0.25, 0.3) is 0 Å². The zero-order valence-corrected chi connectivity index (χ0v) is 18.5. The van der Waals surface area contributed by atoms with Crippen molar-refractivity contribution in [2.75, 3.05) is 4.90 Å². The lowest BCUT2D eigenvalue weighted by atomic mass is 9.80. The summed E-state index contributed by atoms with van der Waals surface area (Å²) in [6, 6.07) is 37.2. The molecule has 2 N–H and O–H groups in total. The quantitative estimate of drug-likeness (QED) is 0.311. The highest BCUT2D eigenvalue weighted by atomic mass is 32.1. The summed E-state index contributed by atoms with van der Waals surface area (Å²) in [7, 11) is -1.48. The van der Waals surface area contributed by atoms with Crippen molar-refractivity contribution in [2.45, 2.75) is 0 Å². The summed E-state index contributed by atoms with van der Waals surface area (Å²) in [5.41, 5.74) is 3.52. The fourth-order valence-electron chi connectivity index (χ4n) is 4.49. The predicted molar refractivity (Wildman–Crippen MR) is 141 cm³/mol. The molecule has 0 saturated heterocycles. The number of benzene rings is 5. The van der Waals surface area contributed by atoms with E-state index >= 15 is 0 Å². The van der Waals surface area contributed by atoms with E-state index in [0.717, 1.165) is 17.1 Å². The predicted octanol–water partition coefficient (Wildman–Crippen LogP) is 6.36. The molecule has 1 heterocycles. The van der Waals surface area contributed by atoms with Crippen molar-refractivity contribution in [2.24, 2.45) is 0 Å². The van der Waals surface area contributed by atoms with Gasteiger partial charge in [-0.05, 0) is 64.8 Å². The zero-order chi connectivity index (χ0) is 22.4. The lowest BCUT2D eigenvalue weighted by molar-refractivity contribution is 0.426. The average Bonchev–Trinajstić information content (AvgIpc) is 3.24. The summed E-state index contributed by atoms with van der Waals surface area (Å²) in [5, 5.41) is 24.1. The van der Waals surface area contributed by atoms with Crippen LogP contribution in [0.15, 0.2) is 109 Å². The molecule has 6 rings (SSSR count). The van der Waals surface area contributed by atoms with Crippen LogP contribution in [0.4, 0.5) is 17.1 Å². The van der Waals surface area contributed by atoms with Gasteiger partial charge in [0.05, 0.1) is 0 Å². The van der Waals surface area contributed by atoms with E-state index in [0.29, 0.717) is 5.46 Å². The fraction of sp³-hybridized carbons (Fsp3) is 0. The van der Waals surface area contributed by atoms with Crippen molar-refractivity contribution in [3.63, 3.8) is 0 Å². The number of hydrogen-bond acceptors (Lipinski definition) is 4. The topological polar surface area (TPSA) is 43.7 Å². The lowest BCUT2D eigenvalue weighted by Crippen LogP contribution is -2.29. The third kappa shape index (κ3) is 3.47. The maximum atomic E-state index is 9.51. The summed E-state index contributed by atoms with van der Waals surface area (Å²) < 4.78 is 2.55. The molecule has 0 aliphatic carbocycles. The van der Waals surface area contributed by atoms with Gasteiger partial charge < -0.3 is 14.9 Å². The van der Waals surface area contributed by atoms with Crippen molar-refractivity contribution in [3.05, 3.63) is 109 Å². The highest BCUT2D eigenvalue weighted by molar-refractivity contribution is 7.26. The van der Waals surface area contributed by atoms with E-state index in [9.17, 15) is 10.0 Å². The van der Waals surface area contributed by atoms with Crippen LogP contribution in [0.5, 0.6) is 0 Å². The molecule has 0 unspecified atom stereocenters. The molecule has 0 aliphatic rings. The molecule has 0 amide bonds. The van der Waals surface area contributed by atoms with Crippen molar-refractivity contribution in [3.8, 4) is 0 Å². The van der Waals surface area contributed by atoms with E-state index in [4.69, 9.17) is 0 Å². The van der Waals surface area contributed by atoms with Crippen LogP contribution in [0.3, 0.4) is 0 Å². The first kappa shape index (κ1) is 20.0. The Morgan fingerprint density at radius 2 is 1.24 bits per heavy atom. The normalized spacial score (nSPS) is 11.3. The number of fused-ring (bicyclic) bond motifs is 5. The monoisotopic (exact) mass is 445 g/mol. The first-order chi connectivity index (χ1) is 16.2. The minimum atomic E-state index is -1.48. The highest BCUT2D eigenvalue weighted by Gasteiger charge is 2.17. The Labute approximate surface area is 195 Å². The number of nitrogens with zero attached hydrogens (tertiary/aromatic N) is 1. The van der Waals surface area contributed by atoms with Crippen LogP contribution in [0.2, 0.25) is 0 Å². The minimum absolute atomic E-state index is 0.470. The molecule has 33 heavy (non-hydrogen) atoms. The van der Waals surface area contributed by atoms with Gasteiger partial charge in [-0.2, -0.15) is 0 Å². The molecule has 0 radical (unpaired) electrons. The van der Waals surface area contributed by atoms with Gasteiger partial charge in [-0.1, -0.05) is 60.7 Å². The van der Waals surface area contributed by atoms with E-state index in [-0.39, 0.29) is 0 Å². The zero-order valence-electron chi connectivity index (χ0n) is 17.7. The largest absolute Gasteiger partial charge is 0.488 e. The summed E-state index contributed by atoms with van der Waals surface area (Å²) in [6.07, 6.45) is 0. The maximum Gasteiger partial charge on any atom is 0.488 e. The van der Waals surface area contributed by atoms with Crippen molar-refractivity contribution >= 4 is 71.9 Å². The second kappa shape index (κ2) is 8.05. The molecule has 0 fully saturated rings. The molecular formula is C28H20BNO2S. The van der Waals surface area contributed by atoms with Gasteiger partial charge in [-0.3, -0.25) is 0 Å². The van der Waals surface area contributed by atoms with Crippen LogP contribution in [-0.4, -0.2) is 17.2 Å². The summed E-state index contributed by atoms with van der Waals surface area (Å²) in [6.45, 7) is 0. The molecular weight excluding hydrogens is 425 g/mol. The van der Waals surface area contributed by atoms with Crippen molar-refractivity contribution < 1.29 is 10.0 Å². The van der Waals surface area contributed by atoms with Crippen LogP contribution >= 0.6 is 11.3 Å². The molecule has 0 aliphatic heterocycles. The SMILES string of the molecule is OB(O)c1ccc(N(c2ccccc2)c2ccc3sc4ccc5ccccc5c4c3c2)cc1. The van der Waals surface area contributed by atoms with Gasteiger partial charge in [0, 0.05) is 37.2 Å². The van der Waals surface area contributed by atoms with E-state index in [2.05, 4.69) is 71.6 Å². The molecule has 3 nitrogen and oxygen atoms in total. The maximum absolute atomic E-state index is 9.51. The van der Waals surface area contributed by atoms with Gasteiger partial charge in [-0.15, -0.1) is 11.3 Å². The first-order valence-electron chi connectivity index (χ1n) is 10.8. The molecule has 5 heteroatoms. The molecule has 1 aromatic heterocycles. The van der Waals surface area contributed by atoms with Crippen molar-refractivity contribution in [1.82, 2.24) is 0 Å². The number of thiophene rings is 1. The third-order valence-electron chi connectivity index (χ3n) is 6.07. The van der Waals surface area contributed by atoms with Gasteiger partial charge >= 0.3 is 7.12 Å². The Morgan fingerprint density at radius 1 is 0.576 bits per heavy atom. The van der Waals surface area contributed by atoms with Crippen LogP contribution in [0.25, 0.3) is 30.9 Å². The number of anilines is 3. The van der Waals surface area contributed by atoms with Gasteiger partial charge in [-0.25, -0.2) is 0 Å². The lowest BCUT2D eigenvalue weighted by Gasteiger charge is -2.25. The Bertz CT molecular complexity index is 1590. The highest BCUT2D eigenvalue weighted by Crippen LogP contribution is 2.42. The summed E-state index contributed by atoms with van der Waals surface area (Å²) in [5.74, 6) is 0. The molecule has 0 spiro atoms. The molecule has 0 atom stereocenters. The van der Waals surface area contributed by atoms with Crippen LogP contribution < -0.4 is 10.4 Å². The molecule has 5 aromatic carbocycles. The fourth-order valence-corrected chi connectivity index (χ4v) is 5.60. The second-order valence-electron chi connectivity index (χ2n) is 8.08. The third-order valence-corrected chi connectivity index (χ3v) is 7.20. The average molecular weight is 445 g/mol. The van der Waals surface area contributed by atoms with Gasteiger partial charge in [0.15, 0.2) is 0 Å². The van der Waals surface area contributed by atoms with Crippen LogP contribution in [0, 0.1) is 0 Å². The van der Waals surface area contributed by atoms with E-state index in [1.165, 1.54) is 30.9 Å². The van der Waals surface area contributed by atoms with E-state index in [1.54, 1.807) is 12.1 Å². The van der Waals surface area contributed by atoms with Crippen LogP contribution in [0.1, 0.15) is 0 Å². The standard InChI is InChI=1S/C28H20BNO2S/c31-29(32)20-11-13-22(14-12-20)30(21-7-2-1-3-8-21)23-15-17-26-25(18-23)28-24-9-5-4-6-19(24)10-16-27(28)33-26/h1-18,31-32H. The number of para-hydroxylation sites is 1. The second-order valence-corrected chi connectivity index (χ2v) is 9.16. The Morgan fingerprint density at radius 3 is 2.03 bits per heavy atom. The van der Waals surface area contributed by atoms with Gasteiger partial charge in [0.2, 0.25) is 0 Å². The summed E-state index contributed by atoms with van der Waals surface area (Å²) >= 11 is 1.82. The molecule has 0 saturated carbocycles. The van der Waals surface area contributed by atoms with Crippen LogP contribution in [-0.2, 0) is 0 Å². The Hall–Kier alpha value is -3.64. The van der Waals surface area contributed by atoms with E-state index in [1.807, 2.05) is 41.7 Å². The Kier molecular flexibility index (Phi) is 4.88. The first-order valence-corrected chi connectivity index (χ1v) is 11.7. The molecule has 0 bridgehead atoms. The molecule has 6 aromatic rings. The molecule has 158 valence electrons. The van der Waals surface area contributed by atoms with E-state index < -0.39 is 7.12 Å². The smallest absolute Gasteiger partial charge is 0.423 e. The van der Waals surface area contributed by atoms with Crippen molar-refractivity contribution in [1.29, 1.82) is 0 Å². The number of rotatable bonds is 4. The number of hydrogen-bond donors (Lipinski definition) is 2. The summed E-state index contributed by atoms with van der Waals surface area (Å²) in [4.78, 5) is 2.20. The van der Waals surface area contributed by atoms with Gasteiger partial charge in [0.1, 0.15) is 0 Å².